The molecule has 1 aliphatic rings. The Morgan fingerprint density at radius 1 is 1.41 bits per heavy atom. The number of ether oxygens (including phenoxy) is 1. The van der Waals surface area contributed by atoms with Crippen molar-refractivity contribution in [2.24, 2.45) is 5.10 Å². The molecule has 0 radical (unpaired) electrons. The van der Waals surface area contributed by atoms with Crippen LogP contribution in [0.3, 0.4) is 0 Å². The number of nitrogens with zero attached hydrogens (tertiary/aromatic N) is 2. The Balaban J connectivity index is 2.40. The molecule has 0 saturated heterocycles. The van der Waals surface area contributed by atoms with Crippen LogP contribution in [0, 0.1) is 0 Å². The van der Waals surface area contributed by atoms with Crippen LogP contribution in [0.4, 0.5) is 0 Å². The first kappa shape index (κ1) is 11.4. The lowest BCUT2D eigenvalue weighted by molar-refractivity contribution is -0.142. The Labute approximate surface area is 99.3 Å². The SMILES string of the molecule is CC(=O)N1N=C(c2ccccc2O)OC1(C)C. The molecule has 0 atom stereocenters. The number of phenolic OH excluding ortho intramolecular Hbond substituents is 1. The molecule has 0 unspecified atom stereocenters. The number of amides is 1. The smallest absolute Gasteiger partial charge is 0.244 e. The van der Waals surface area contributed by atoms with Gasteiger partial charge in [-0.25, -0.2) is 0 Å². The third-order valence-electron chi connectivity index (χ3n) is 2.48. The highest BCUT2D eigenvalue weighted by molar-refractivity contribution is 5.98. The number of rotatable bonds is 1. The highest BCUT2D eigenvalue weighted by Crippen LogP contribution is 2.29. The van der Waals surface area contributed by atoms with E-state index in [1.54, 1.807) is 38.1 Å². The van der Waals surface area contributed by atoms with E-state index in [4.69, 9.17) is 4.74 Å². The van der Waals surface area contributed by atoms with Gasteiger partial charge in [-0.15, -0.1) is 5.10 Å². The fourth-order valence-corrected chi connectivity index (χ4v) is 1.72. The predicted molar refractivity (Wildman–Crippen MR) is 62.3 cm³/mol. The first-order chi connectivity index (χ1) is 7.92. The second-order valence-electron chi connectivity index (χ2n) is 4.30. The minimum atomic E-state index is -0.830. The second kappa shape index (κ2) is 3.76. The summed E-state index contributed by atoms with van der Waals surface area (Å²) in [6, 6.07) is 6.71. The number of hydrazone groups is 1. The van der Waals surface area contributed by atoms with Gasteiger partial charge in [-0.2, -0.15) is 5.01 Å². The van der Waals surface area contributed by atoms with Crippen molar-refractivity contribution < 1.29 is 14.6 Å². The number of aromatic hydroxyl groups is 1. The van der Waals surface area contributed by atoms with Crippen LogP contribution in [-0.2, 0) is 9.53 Å². The summed E-state index contributed by atoms with van der Waals surface area (Å²) in [7, 11) is 0. The second-order valence-corrected chi connectivity index (χ2v) is 4.30. The van der Waals surface area contributed by atoms with Crippen molar-refractivity contribution in [3.8, 4) is 5.75 Å². The average Bonchev–Trinajstić information content (AvgIpc) is 2.55. The molecule has 5 nitrogen and oxygen atoms in total. The molecule has 1 aliphatic heterocycles. The number of para-hydroxylation sites is 1. The third-order valence-corrected chi connectivity index (χ3v) is 2.48. The van der Waals surface area contributed by atoms with Gasteiger partial charge in [0.25, 0.3) is 0 Å². The molecule has 1 N–H and O–H groups in total. The molecule has 1 aromatic carbocycles. The Bertz CT molecular complexity index is 494. The monoisotopic (exact) mass is 234 g/mol. The number of benzene rings is 1. The van der Waals surface area contributed by atoms with Gasteiger partial charge in [0.05, 0.1) is 5.56 Å². The Kier molecular flexibility index (Phi) is 2.53. The van der Waals surface area contributed by atoms with E-state index in [1.807, 2.05) is 0 Å². The number of carbonyl (C=O) groups excluding carboxylic acids is 1. The zero-order valence-corrected chi connectivity index (χ0v) is 9.97. The molecular weight excluding hydrogens is 220 g/mol. The van der Waals surface area contributed by atoms with Crippen molar-refractivity contribution in [1.82, 2.24) is 5.01 Å². The van der Waals surface area contributed by atoms with E-state index in [0.717, 1.165) is 0 Å². The summed E-state index contributed by atoms with van der Waals surface area (Å²) in [5.41, 5.74) is -0.354. The van der Waals surface area contributed by atoms with E-state index < -0.39 is 5.72 Å². The number of phenols is 1. The normalized spacial score (nSPS) is 17.6. The van der Waals surface area contributed by atoms with Gasteiger partial charge in [-0.05, 0) is 26.0 Å². The van der Waals surface area contributed by atoms with Crippen LogP contribution in [0.15, 0.2) is 29.4 Å². The lowest BCUT2D eigenvalue weighted by Gasteiger charge is -2.25. The Morgan fingerprint density at radius 2 is 2.06 bits per heavy atom. The molecule has 0 fully saturated rings. The van der Waals surface area contributed by atoms with E-state index in [2.05, 4.69) is 5.10 Å². The van der Waals surface area contributed by atoms with E-state index >= 15 is 0 Å². The van der Waals surface area contributed by atoms with Gasteiger partial charge in [0.1, 0.15) is 5.75 Å². The first-order valence-electron chi connectivity index (χ1n) is 5.28. The van der Waals surface area contributed by atoms with Crippen LogP contribution in [-0.4, -0.2) is 27.6 Å². The van der Waals surface area contributed by atoms with E-state index in [1.165, 1.54) is 11.9 Å². The number of hydrogen-bond acceptors (Lipinski definition) is 4. The third kappa shape index (κ3) is 1.95. The van der Waals surface area contributed by atoms with Crippen molar-refractivity contribution in [2.45, 2.75) is 26.5 Å². The van der Waals surface area contributed by atoms with Crippen LogP contribution in [0.25, 0.3) is 0 Å². The van der Waals surface area contributed by atoms with Crippen molar-refractivity contribution in [3.05, 3.63) is 29.8 Å². The van der Waals surface area contributed by atoms with E-state index in [0.29, 0.717) is 5.56 Å². The van der Waals surface area contributed by atoms with Crippen molar-refractivity contribution in [2.75, 3.05) is 0 Å². The number of carbonyl (C=O) groups is 1. The molecule has 0 saturated carbocycles. The molecule has 0 bridgehead atoms. The van der Waals surface area contributed by atoms with E-state index in [-0.39, 0.29) is 17.6 Å². The molecule has 0 aromatic heterocycles. The fraction of sp³-hybridized carbons (Fsp3) is 0.333. The van der Waals surface area contributed by atoms with E-state index in [9.17, 15) is 9.90 Å². The Morgan fingerprint density at radius 3 is 2.59 bits per heavy atom. The average molecular weight is 234 g/mol. The molecule has 1 amide bonds. The summed E-state index contributed by atoms with van der Waals surface area (Å²) in [6.07, 6.45) is 0. The van der Waals surface area contributed by atoms with Crippen LogP contribution < -0.4 is 0 Å². The molecule has 5 heteroatoms. The van der Waals surface area contributed by atoms with Gasteiger partial charge in [0.2, 0.25) is 17.5 Å². The highest BCUT2D eigenvalue weighted by atomic mass is 16.6. The quantitative estimate of drug-likeness (QED) is 0.804. The van der Waals surface area contributed by atoms with Crippen LogP contribution in [0.1, 0.15) is 26.3 Å². The van der Waals surface area contributed by atoms with Crippen molar-refractivity contribution >= 4 is 11.8 Å². The summed E-state index contributed by atoms with van der Waals surface area (Å²) in [6.45, 7) is 4.90. The molecule has 0 aliphatic carbocycles. The largest absolute Gasteiger partial charge is 0.507 e. The zero-order valence-electron chi connectivity index (χ0n) is 9.97. The topological polar surface area (TPSA) is 62.1 Å². The molecule has 90 valence electrons. The van der Waals surface area contributed by atoms with Gasteiger partial charge < -0.3 is 9.84 Å². The van der Waals surface area contributed by atoms with Gasteiger partial charge in [0.15, 0.2) is 0 Å². The lowest BCUT2D eigenvalue weighted by Crippen LogP contribution is -2.41. The highest BCUT2D eigenvalue weighted by Gasteiger charge is 2.39. The predicted octanol–water partition coefficient (Wildman–Crippen LogP) is 1.67. The summed E-state index contributed by atoms with van der Waals surface area (Å²) in [4.78, 5) is 11.4. The molecule has 1 heterocycles. The Hall–Kier alpha value is -2.04. The van der Waals surface area contributed by atoms with Gasteiger partial charge in [-0.3, -0.25) is 4.79 Å². The van der Waals surface area contributed by atoms with Crippen LogP contribution >= 0.6 is 0 Å². The maximum Gasteiger partial charge on any atom is 0.244 e. The summed E-state index contributed by atoms with van der Waals surface area (Å²) < 4.78 is 5.58. The molecule has 0 spiro atoms. The van der Waals surface area contributed by atoms with Gasteiger partial charge in [0, 0.05) is 6.92 Å². The molecule has 2 rings (SSSR count). The first-order valence-corrected chi connectivity index (χ1v) is 5.28. The maximum atomic E-state index is 11.4. The van der Waals surface area contributed by atoms with Crippen LogP contribution in [0.5, 0.6) is 5.75 Å². The lowest BCUT2D eigenvalue weighted by atomic mass is 10.2. The standard InChI is InChI=1S/C12H14N2O3/c1-8(15)14-12(2,3)17-11(13-14)9-6-4-5-7-10(9)16/h4-7,16H,1-3H3. The molecule has 1 aromatic rings. The molecule has 17 heavy (non-hydrogen) atoms. The fourth-order valence-electron chi connectivity index (χ4n) is 1.72. The van der Waals surface area contributed by atoms with Crippen molar-refractivity contribution in [3.63, 3.8) is 0 Å². The zero-order chi connectivity index (χ0) is 12.6. The number of hydrogen-bond donors (Lipinski definition) is 1. The molecular formula is C12H14N2O3. The summed E-state index contributed by atoms with van der Waals surface area (Å²) >= 11 is 0. The van der Waals surface area contributed by atoms with Crippen molar-refractivity contribution in [1.29, 1.82) is 0 Å². The minimum absolute atomic E-state index is 0.0763. The summed E-state index contributed by atoms with van der Waals surface area (Å²) in [5.74, 6) is 0.121. The summed E-state index contributed by atoms with van der Waals surface area (Å²) in [5, 5.41) is 15.1. The minimum Gasteiger partial charge on any atom is -0.507 e. The van der Waals surface area contributed by atoms with Gasteiger partial charge >= 0.3 is 0 Å². The van der Waals surface area contributed by atoms with Crippen LogP contribution in [0.2, 0.25) is 0 Å². The van der Waals surface area contributed by atoms with Gasteiger partial charge in [-0.1, -0.05) is 12.1 Å². The maximum absolute atomic E-state index is 11.4.